The molecule has 2 rings (SSSR count). The Labute approximate surface area is 152 Å². The predicted molar refractivity (Wildman–Crippen MR) is 98.4 cm³/mol. The fraction of sp³-hybridized carbons (Fsp3) is 0.444. The molecule has 1 aromatic heterocycles. The molecule has 0 atom stereocenters. The molecular weight excluding hydrogens is 340 g/mol. The van der Waals surface area contributed by atoms with Gasteiger partial charge in [0.15, 0.2) is 11.5 Å². The molecule has 6 nitrogen and oxygen atoms in total. The Morgan fingerprint density at radius 3 is 2.64 bits per heavy atom. The molecule has 0 aliphatic carbocycles. The average Bonchev–Trinajstić information content (AvgIpc) is 2.93. The van der Waals surface area contributed by atoms with Crippen LogP contribution in [0.4, 0.5) is 0 Å². The van der Waals surface area contributed by atoms with Crippen LogP contribution in [-0.2, 0) is 17.0 Å². The van der Waals surface area contributed by atoms with E-state index in [1.807, 2.05) is 32.0 Å². The fourth-order valence-electron chi connectivity index (χ4n) is 2.39. The molecule has 1 N–H and O–H groups in total. The summed E-state index contributed by atoms with van der Waals surface area (Å²) in [6.45, 7) is 4.38. The summed E-state index contributed by atoms with van der Waals surface area (Å²) in [5.41, 5.74) is 3.04. The van der Waals surface area contributed by atoms with E-state index in [4.69, 9.17) is 14.0 Å². The summed E-state index contributed by atoms with van der Waals surface area (Å²) in [7, 11) is 3.22. The standard InChI is InChI=1S/C18H24N2O4S/c1-12-15(13(2)24-20-12)10-25-11-18(21)19-8-7-14-5-6-16(22-3)17(9-14)23-4/h5-6,9H,7-8,10-11H2,1-4H3,(H,19,21). The second-order valence-corrected chi connectivity index (χ2v) is 6.57. The monoisotopic (exact) mass is 364 g/mol. The van der Waals surface area contributed by atoms with Gasteiger partial charge in [-0.1, -0.05) is 11.2 Å². The van der Waals surface area contributed by atoms with Gasteiger partial charge in [0.05, 0.1) is 25.7 Å². The molecule has 7 heteroatoms. The fourth-order valence-corrected chi connectivity index (χ4v) is 3.39. The number of hydrogen-bond donors (Lipinski definition) is 1. The van der Waals surface area contributed by atoms with E-state index >= 15 is 0 Å². The summed E-state index contributed by atoms with van der Waals surface area (Å²) in [5, 5.41) is 6.85. The largest absolute Gasteiger partial charge is 0.493 e. The number of nitrogens with zero attached hydrogens (tertiary/aromatic N) is 1. The Bertz CT molecular complexity index is 696. The zero-order valence-electron chi connectivity index (χ0n) is 15.0. The first kappa shape index (κ1) is 19.2. The van der Waals surface area contributed by atoms with E-state index < -0.39 is 0 Å². The molecule has 0 unspecified atom stereocenters. The Kier molecular flexibility index (Phi) is 7.18. The number of thioether (sulfide) groups is 1. The zero-order chi connectivity index (χ0) is 18.2. The van der Waals surface area contributed by atoms with Crippen molar-refractivity contribution in [2.75, 3.05) is 26.5 Å². The summed E-state index contributed by atoms with van der Waals surface area (Å²) in [6, 6.07) is 5.77. The van der Waals surface area contributed by atoms with E-state index in [1.165, 1.54) is 0 Å². The van der Waals surface area contributed by atoms with Gasteiger partial charge in [-0.3, -0.25) is 4.79 Å². The molecule has 0 radical (unpaired) electrons. The number of aryl methyl sites for hydroxylation is 2. The molecule has 0 aliphatic rings. The van der Waals surface area contributed by atoms with Crippen LogP contribution in [0.5, 0.6) is 11.5 Å². The first-order valence-electron chi connectivity index (χ1n) is 8.02. The molecule has 0 saturated carbocycles. The minimum atomic E-state index is 0.0252. The highest BCUT2D eigenvalue weighted by Crippen LogP contribution is 2.27. The second kappa shape index (κ2) is 9.36. The number of ether oxygens (including phenoxy) is 2. The minimum absolute atomic E-state index is 0.0252. The quantitative estimate of drug-likeness (QED) is 0.737. The molecule has 0 aliphatic heterocycles. The van der Waals surface area contributed by atoms with Crippen molar-refractivity contribution in [2.45, 2.75) is 26.0 Å². The van der Waals surface area contributed by atoms with E-state index in [-0.39, 0.29) is 5.91 Å². The van der Waals surface area contributed by atoms with Gasteiger partial charge in [-0.25, -0.2) is 0 Å². The third-order valence-corrected chi connectivity index (χ3v) is 4.80. The lowest BCUT2D eigenvalue weighted by Crippen LogP contribution is -2.27. The van der Waals surface area contributed by atoms with E-state index in [9.17, 15) is 4.79 Å². The number of carbonyl (C=O) groups is 1. The third kappa shape index (κ3) is 5.42. The van der Waals surface area contributed by atoms with Gasteiger partial charge >= 0.3 is 0 Å². The van der Waals surface area contributed by atoms with Crippen LogP contribution in [0.15, 0.2) is 22.7 Å². The summed E-state index contributed by atoms with van der Waals surface area (Å²) in [4.78, 5) is 11.9. The number of amides is 1. The van der Waals surface area contributed by atoms with Gasteiger partial charge in [-0.05, 0) is 38.0 Å². The maximum atomic E-state index is 11.9. The smallest absolute Gasteiger partial charge is 0.230 e. The highest BCUT2D eigenvalue weighted by Gasteiger charge is 2.10. The zero-order valence-corrected chi connectivity index (χ0v) is 15.9. The number of aromatic nitrogens is 1. The van der Waals surface area contributed by atoms with Crippen molar-refractivity contribution in [1.29, 1.82) is 0 Å². The molecule has 136 valence electrons. The molecule has 1 heterocycles. The number of methoxy groups -OCH3 is 2. The molecule has 0 fully saturated rings. The summed E-state index contributed by atoms with van der Waals surface area (Å²) in [5.74, 6) is 3.38. The molecular formula is C18H24N2O4S. The van der Waals surface area contributed by atoms with Crippen LogP contribution in [0.3, 0.4) is 0 Å². The van der Waals surface area contributed by atoms with Crippen molar-refractivity contribution in [2.24, 2.45) is 0 Å². The van der Waals surface area contributed by atoms with E-state index in [0.29, 0.717) is 23.8 Å². The normalized spacial score (nSPS) is 10.6. The Morgan fingerprint density at radius 1 is 1.24 bits per heavy atom. The minimum Gasteiger partial charge on any atom is -0.493 e. The van der Waals surface area contributed by atoms with Crippen molar-refractivity contribution in [3.8, 4) is 11.5 Å². The molecule has 1 aromatic carbocycles. The van der Waals surface area contributed by atoms with Crippen LogP contribution in [-0.4, -0.2) is 37.6 Å². The van der Waals surface area contributed by atoms with Gasteiger partial charge in [0.25, 0.3) is 0 Å². The lowest BCUT2D eigenvalue weighted by Gasteiger charge is -2.10. The maximum absolute atomic E-state index is 11.9. The third-order valence-electron chi connectivity index (χ3n) is 3.84. The van der Waals surface area contributed by atoms with E-state index in [0.717, 1.165) is 34.8 Å². The van der Waals surface area contributed by atoms with Gasteiger partial charge in [-0.2, -0.15) is 0 Å². The number of rotatable bonds is 9. The average molecular weight is 364 g/mol. The topological polar surface area (TPSA) is 73.6 Å². The van der Waals surface area contributed by atoms with Crippen LogP contribution in [0.25, 0.3) is 0 Å². The van der Waals surface area contributed by atoms with Crippen LogP contribution in [0.2, 0.25) is 0 Å². The predicted octanol–water partition coefficient (Wildman–Crippen LogP) is 2.90. The molecule has 0 spiro atoms. The number of nitrogens with one attached hydrogen (secondary N) is 1. The SMILES string of the molecule is COc1ccc(CCNC(=O)CSCc2c(C)noc2C)cc1OC. The first-order chi connectivity index (χ1) is 12.0. The van der Waals surface area contributed by atoms with E-state index in [1.54, 1.807) is 26.0 Å². The summed E-state index contributed by atoms with van der Waals surface area (Å²) in [6.07, 6.45) is 0.737. The van der Waals surface area contributed by atoms with Gasteiger partial charge in [-0.15, -0.1) is 11.8 Å². The summed E-state index contributed by atoms with van der Waals surface area (Å²) >= 11 is 1.56. The van der Waals surface area contributed by atoms with Gasteiger partial charge in [0.1, 0.15) is 5.76 Å². The van der Waals surface area contributed by atoms with Crippen molar-refractivity contribution >= 4 is 17.7 Å². The molecule has 2 aromatic rings. The second-order valence-electron chi connectivity index (χ2n) is 5.58. The van der Waals surface area contributed by atoms with Gasteiger partial charge < -0.3 is 19.3 Å². The van der Waals surface area contributed by atoms with Gasteiger partial charge in [0.2, 0.25) is 5.91 Å². The number of carbonyl (C=O) groups excluding carboxylic acids is 1. The lowest BCUT2D eigenvalue weighted by atomic mass is 10.1. The van der Waals surface area contributed by atoms with Crippen molar-refractivity contribution in [3.63, 3.8) is 0 Å². The Morgan fingerprint density at radius 2 is 2.00 bits per heavy atom. The highest BCUT2D eigenvalue weighted by molar-refractivity contribution is 7.99. The first-order valence-corrected chi connectivity index (χ1v) is 9.17. The van der Waals surface area contributed by atoms with Crippen LogP contribution < -0.4 is 14.8 Å². The molecule has 0 saturated heterocycles. The van der Waals surface area contributed by atoms with Crippen molar-refractivity contribution in [3.05, 3.63) is 40.8 Å². The molecule has 1 amide bonds. The Balaban J connectivity index is 1.72. The number of hydrogen-bond acceptors (Lipinski definition) is 6. The Hall–Kier alpha value is -2.15. The van der Waals surface area contributed by atoms with Crippen LogP contribution in [0, 0.1) is 13.8 Å². The highest BCUT2D eigenvalue weighted by atomic mass is 32.2. The molecule has 25 heavy (non-hydrogen) atoms. The van der Waals surface area contributed by atoms with Crippen molar-refractivity contribution < 1.29 is 18.8 Å². The van der Waals surface area contributed by atoms with E-state index in [2.05, 4.69) is 10.5 Å². The lowest BCUT2D eigenvalue weighted by molar-refractivity contribution is -0.118. The van der Waals surface area contributed by atoms with Crippen molar-refractivity contribution in [1.82, 2.24) is 10.5 Å². The van der Waals surface area contributed by atoms with Gasteiger partial charge in [0, 0.05) is 17.9 Å². The van der Waals surface area contributed by atoms with Crippen LogP contribution in [0.1, 0.15) is 22.6 Å². The summed E-state index contributed by atoms with van der Waals surface area (Å²) < 4.78 is 15.6. The van der Waals surface area contributed by atoms with Crippen LogP contribution >= 0.6 is 11.8 Å². The molecule has 0 bridgehead atoms. The number of benzene rings is 1. The maximum Gasteiger partial charge on any atom is 0.230 e.